The molecule has 0 aliphatic rings. The smallest absolute Gasteiger partial charge is 0.349 e. The van der Waals surface area contributed by atoms with Crippen LogP contribution in [-0.2, 0) is 5.54 Å². The standard InChI is InChI=1S/C20H19NO4/c1-20(2,14-8-10-15(24-3)11-9-14)21-18(22)16-12-13-6-4-5-7-17(13)25-19(16)23/h4-12H,1-3H3,(H,21,22). The van der Waals surface area contributed by atoms with Crippen LogP contribution in [0.15, 0.2) is 63.8 Å². The predicted octanol–water partition coefficient (Wildman–Crippen LogP) is 3.47. The molecule has 1 aromatic heterocycles. The van der Waals surface area contributed by atoms with Crippen LogP contribution in [0.1, 0.15) is 29.8 Å². The zero-order chi connectivity index (χ0) is 18.0. The number of amides is 1. The van der Waals surface area contributed by atoms with Crippen LogP contribution in [0.2, 0.25) is 0 Å². The Morgan fingerprint density at radius 3 is 2.44 bits per heavy atom. The molecule has 5 heteroatoms. The summed E-state index contributed by atoms with van der Waals surface area (Å²) in [5, 5.41) is 3.60. The summed E-state index contributed by atoms with van der Waals surface area (Å²) in [5.41, 5.74) is 0.0221. The maximum atomic E-state index is 12.6. The third kappa shape index (κ3) is 3.40. The summed E-state index contributed by atoms with van der Waals surface area (Å²) in [5.74, 6) is 0.265. The van der Waals surface area contributed by atoms with Gasteiger partial charge in [-0.2, -0.15) is 0 Å². The molecule has 1 amide bonds. The first-order valence-electron chi connectivity index (χ1n) is 7.90. The molecule has 3 aromatic rings. The van der Waals surface area contributed by atoms with Crippen LogP contribution in [0.4, 0.5) is 0 Å². The van der Waals surface area contributed by atoms with Crippen molar-refractivity contribution in [3.63, 3.8) is 0 Å². The fourth-order valence-corrected chi connectivity index (χ4v) is 2.65. The van der Waals surface area contributed by atoms with Crippen molar-refractivity contribution in [3.8, 4) is 5.75 Å². The highest BCUT2D eigenvalue weighted by Crippen LogP contribution is 2.23. The van der Waals surface area contributed by atoms with Crippen molar-refractivity contribution >= 4 is 16.9 Å². The molecule has 0 spiro atoms. The largest absolute Gasteiger partial charge is 0.497 e. The fraction of sp³-hybridized carbons (Fsp3) is 0.200. The van der Waals surface area contributed by atoms with Crippen molar-refractivity contribution in [1.29, 1.82) is 0 Å². The lowest BCUT2D eigenvalue weighted by atomic mass is 9.93. The number of benzene rings is 2. The average molecular weight is 337 g/mol. The Bertz CT molecular complexity index is 971. The van der Waals surface area contributed by atoms with E-state index in [1.165, 1.54) is 0 Å². The number of para-hydroxylation sites is 1. The second-order valence-corrected chi connectivity index (χ2v) is 6.29. The Morgan fingerprint density at radius 1 is 1.08 bits per heavy atom. The van der Waals surface area contributed by atoms with Crippen molar-refractivity contribution in [2.24, 2.45) is 0 Å². The minimum absolute atomic E-state index is 0.0136. The van der Waals surface area contributed by atoms with Crippen LogP contribution < -0.4 is 15.7 Å². The number of rotatable bonds is 4. The van der Waals surface area contributed by atoms with E-state index in [4.69, 9.17) is 9.15 Å². The second kappa shape index (κ2) is 6.43. The van der Waals surface area contributed by atoms with E-state index in [1.807, 2.05) is 44.2 Å². The van der Waals surface area contributed by atoms with E-state index in [0.717, 1.165) is 11.3 Å². The van der Waals surface area contributed by atoms with Crippen molar-refractivity contribution in [1.82, 2.24) is 5.32 Å². The van der Waals surface area contributed by atoms with Gasteiger partial charge in [0.2, 0.25) is 0 Å². The quantitative estimate of drug-likeness (QED) is 0.740. The summed E-state index contributed by atoms with van der Waals surface area (Å²) in [6.45, 7) is 3.74. The lowest BCUT2D eigenvalue weighted by Gasteiger charge is -2.27. The molecule has 0 aliphatic heterocycles. The van der Waals surface area contributed by atoms with Gasteiger partial charge in [0.25, 0.3) is 5.91 Å². The van der Waals surface area contributed by atoms with Gasteiger partial charge in [0.1, 0.15) is 16.9 Å². The number of fused-ring (bicyclic) bond motifs is 1. The molecule has 0 aliphatic carbocycles. The first-order valence-corrected chi connectivity index (χ1v) is 7.90. The molecule has 0 saturated heterocycles. The van der Waals surface area contributed by atoms with Gasteiger partial charge >= 0.3 is 5.63 Å². The van der Waals surface area contributed by atoms with Gasteiger partial charge in [-0.15, -0.1) is 0 Å². The molecule has 128 valence electrons. The zero-order valence-corrected chi connectivity index (χ0v) is 14.3. The monoisotopic (exact) mass is 337 g/mol. The number of carbonyl (C=O) groups is 1. The topological polar surface area (TPSA) is 68.5 Å². The minimum atomic E-state index is -0.665. The van der Waals surface area contributed by atoms with E-state index >= 15 is 0 Å². The highest BCUT2D eigenvalue weighted by atomic mass is 16.5. The zero-order valence-electron chi connectivity index (χ0n) is 14.3. The van der Waals surface area contributed by atoms with Crippen LogP contribution in [-0.4, -0.2) is 13.0 Å². The maximum absolute atomic E-state index is 12.6. The van der Waals surface area contributed by atoms with Gasteiger partial charge < -0.3 is 14.5 Å². The van der Waals surface area contributed by atoms with E-state index in [1.54, 1.807) is 31.4 Å². The van der Waals surface area contributed by atoms with Crippen molar-refractivity contribution < 1.29 is 13.9 Å². The number of nitrogens with one attached hydrogen (secondary N) is 1. The van der Waals surface area contributed by atoms with E-state index < -0.39 is 17.1 Å². The first-order chi connectivity index (χ1) is 11.9. The summed E-state index contributed by atoms with van der Waals surface area (Å²) in [7, 11) is 1.60. The van der Waals surface area contributed by atoms with Crippen LogP contribution in [0, 0.1) is 0 Å². The molecule has 1 heterocycles. The van der Waals surface area contributed by atoms with E-state index in [0.29, 0.717) is 11.0 Å². The molecule has 0 fully saturated rings. The molecule has 2 aromatic carbocycles. The number of hydrogen-bond donors (Lipinski definition) is 1. The lowest BCUT2D eigenvalue weighted by molar-refractivity contribution is 0.0908. The Balaban J connectivity index is 1.90. The highest BCUT2D eigenvalue weighted by molar-refractivity contribution is 5.97. The number of ether oxygens (including phenoxy) is 1. The van der Waals surface area contributed by atoms with Crippen LogP contribution in [0.25, 0.3) is 11.0 Å². The normalized spacial score (nSPS) is 11.3. The van der Waals surface area contributed by atoms with Gasteiger partial charge in [-0.25, -0.2) is 4.79 Å². The Morgan fingerprint density at radius 2 is 1.76 bits per heavy atom. The summed E-state index contributed by atoms with van der Waals surface area (Å²) >= 11 is 0. The van der Waals surface area contributed by atoms with Crippen molar-refractivity contribution in [2.75, 3.05) is 7.11 Å². The number of hydrogen-bond acceptors (Lipinski definition) is 4. The second-order valence-electron chi connectivity index (χ2n) is 6.29. The van der Waals surface area contributed by atoms with Gasteiger partial charge in [-0.05, 0) is 43.7 Å². The molecule has 0 saturated carbocycles. The molecule has 3 rings (SSSR count). The van der Waals surface area contributed by atoms with Crippen molar-refractivity contribution in [3.05, 3.63) is 76.1 Å². The molecule has 0 bridgehead atoms. The molecule has 5 nitrogen and oxygen atoms in total. The highest BCUT2D eigenvalue weighted by Gasteiger charge is 2.25. The van der Waals surface area contributed by atoms with Crippen LogP contribution in [0.5, 0.6) is 5.75 Å². The Labute approximate surface area is 145 Å². The molecule has 0 atom stereocenters. The maximum Gasteiger partial charge on any atom is 0.349 e. The number of methoxy groups -OCH3 is 1. The van der Waals surface area contributed by atoms with E-state index in [9.17, 15) is 9.59 Å². The Hall–Kier alpha value is -3.08. The van der Waals surface area contributed by atoms with Gasteiger partial charge in [0, 0.05) is 5.39 Å². The molecule has 0 radical (unpaired) electrons. The van der Waals surface area contributed by atoms with Gasteiger partial charge in [0.15, 0.2) is 0 Å². The first kappa shape index (κ1) is 16.8. The third-order valence-electron chi connectivity index (χ3n) is 4.12. The van der Waals surface area contributed by atoms with Crippen LogP contribution in [0.3, 0.4) is 0 Å². The summed E-state index contributed by atoms with van der Waals surface area (Å²) in [6.07, 6.45) is 0. The van der Waals surface area contributed by atoms with Gasteiger partial charge in [-0.1, -0.05) is 30.3 Å². The summed E-state index contributed by atoms with van der Waals surface area (Å²) in [4.78, 5) is 24.8. The number of carbonyl (C=O) groups excluding carboxylic acids is 1. The Kier molecular flexibility index (Phi) is 4.31. The third-order valence-corrected chi connectivity index (χ3v) is 4.12. The van der Waals surface area contributed by atoms with E-state index in [2.05, 4.69) is 5.32 Å². The molecule has 1 N–H and O–H groups in total. The average Bonchev–Trinajstić information content (AvgIpc) is 2.60. The predicted molar refractivity (Wildman–Crippen MR) is 96.0 cm³/mol. The molecular formula is C20H19NO4. The minimum Gasteiger partial charge on any atom is -0.497 e. The van der Waals surface area contributed by atoms with Crippen LogP contribution >= 0.6 is 0 Å². The fourth-order valence-electron chi connectivity index (χ4n) is 2.65. The van der Waals surface area contributed by atoms with Gasteiger partial charge in [-0.3, -0.25) is 4.79 Å². The molecule has 0 unspecified atom stereocenters. The van der Waals surface area contributed by atoms with Crippen molar-refractivity contribution in [2.45, 2.75) is 19.4 Å². The molecule has 25 heavy (non-hydrogen) atoms. The molecular weight excluding hydrogens is 318 g/mol. The summed E-state index contributed by atoms with van der Waals surface area (Å²) in [6, 6.07) is 16.1. The lowest BCUT2D eigenvalue weighted by Crippen LogP contribution is -2.42. The SMILES string of the molecule is COc1ccc(C(C)(C)NC(=O)c2cc3ccccc3oc2=O)cc1. The summed E-state index contributed by atoms with van der Waals surface area (Å²) < 4.78 is 10.4. The van der Waals surface area contributed by atoms with E-state index in [-0.39, 0.29) is 5.56 Å². The van der Waals surface area contributed by atoms with Gasteiger partial charge in [0.05, 0.1) is 12.6 Å².